The van der Waals surface area contributed by atoms with E-state index in [-0.39, 0.29) is 5.91 Å². The normalized spacial score (nSPS) is 11.9. The third kappa shape index (κ3) is 3.06. The fourth-order valence-electron chi connectivity index (χ4n) is 2.17. The average Bonchev–Trinajstić information content (AvgIpc) is 3.11. The van der Waals surface area contributed by atoms with Gasteiger partial charge in [-0.3, -0.25) is 4.79 Å². The van der Waals surface area contributed by atoms with Gasteiger partial charge >= 0.3 is 0 Å². The predicted octanol–water partition coefficient (Wildman–Crippen LogP) is 3.82. The van der Waals surface area contributed by atoms with Crippen molar-refractivity contribution in [2.24, 2.45) is 12.0 Å². The summed E-state index contributed by atoms with van der Waals surface area (Å²) >= 11 is 6.14. The monoisotopic (exact) mass is 412 g/mol. The molecule has 5 nitrogen and oxygen atoms in total. The molecule has 0 N–H and O–H groups in total. The van der Waals surface area contributed by atoms with Crippen LogP contribution in [0, 0.1) is 0 Å². The van der Waals surface area contributed by atoms with Gasteiger partial charge in [-0.25, -0.2) is 0 Å². The number of rotatable bonds is 3. The first kappa shape index (κ1) is 16.2. The average molecular weight is 413 g/mol. The molecule has 0 fully saturated rings. The fraction of sp³-hybridized carbons (Fsp3) is 0.200. The molecule has 0 bridgehead atoms. The van der Waals surface area contributed by atoms with Crippen LogP contribution in [-0.2, 0) is 7.05 Å². The van der Waals surface area contributed by atoms with Crippen molar-refractivity contribution in [3.05, 3.63) is 37.7 Å². The predicted molar refractivity (Wildman–Crippen MR) is 95.8 cm³/mol. The van der Waals surface area contributed by atoms with Crippen LogP contribution < -0.4 is 14.3 Å². The highest BCUT2D eigenvalue weighted by atomic mass is 79.9. The number of ether oxygens (including phenoxy) is 2. The van der Waals surface area contributed by atoms with Crippen LogP contribution in [0.15, 0.2) is 33.0 Å². The maximum absolute atomic E-state index is 12.3. The van der Waals surface area contributed by atoms with Crippen molar-refractivity contribution >= 4 is 54.7 Å². The van der Waals surface area contributed by atoms with Gasteiger partial charge in [-0.2, -0.15) is 4.99 Å². The first-order chi connectivity index (χ1) is 11.0. The lowest BCUT2D eigenvalue weighted by Crippen LogP contribution is -2.13. The number of halogens is 1. The lowest BCUT2D eigenvalue weighted by atomic mass is 10.3. The van der Waals surface area contributed by atoms with Gasteiger partial charge in [0, 0.05) is 13.1 Å². The SMILES string of the molecule is COc1cc(OC)c2c(c1)sc(=NC(=O)c1ccc(Br)s1)n2C. The summed E-state index contributed by atoms with van der Waals surface area (Å²) in [5.74, 6) is 1.14. The van der Waals surface area contributed by atoms with E-state index in [2.05, 4.69) is 20.9 Å². The molecule has 2 heterocycles. The Morgan fingerprint density at radius 3 is 2.61 bits per heavy atom. The summed E-state index contributed by atoms with van der Waals surface area (Å²) in [7, 11) is 5.08. The molecule has 0 spiro atoms. The highest BCUT2D eigenvalue weighted by molar-refractivity contribution is 9.11. The second kappa shape index (κ2) is 6.46. The zero-order valence-corrected chi connectivity index (χ0v) is 15.8. The van der Waals surface area contributed by atoms with Gasteiger partial charge in [0.1, 0.15) is 17.0 Å². The number of thiazole rings is 1. The van der Waals surface area contributed by atoms with E-state index in [9.17, 15) is 4.79 Å². The van der Waals surface area contributed by atoms with Crippen molar-refractivity contribution in [2.45, 2.75) is 0 Å². The Labute approximate surface area is 148 Å². The van der Waals surface area contributed by atoms with Crippen LogP contribution in [-0.4, -0.2) is 24.7 Å². The summed E-state index contributed by atoms with van der Waals surface area (Å²) in [5.41, 5.74) is 0.886. The van der Waals surface area contributed by atoms with Gasteiger partial charge in [-0.05, 0) is 34.1 Å². The first-order valence-electron chi connectivity index (χ1n) is 6.59. The molecule has 1 amide bonds. The minimum Gasteiger partial charge on any atom is -0.497 e. The largest absolute Gasteiger partial charge is 0.497 e. The molecule has 0 atom stereocenters. The number of aromatic nitrogens is 1. The van der Waals surface area contributed by atoms with Gasteiger partial charge in [-0.15, -0.1) is 11.3 Å². The van der Waals surface area contributed by atoms with E-state index in [0.29, 0.717) is 21.2 Å². The Bertz CT molecular complexity index is 955. The first-order valence-corrected chi connectivity index (χ1v) is 9.02. The van der Waals surface area contributed by atoms with Crippen LogP contribution in [0.25, 0.3) is 10.2 Å². The molecule has 3 rings (SSSR count). The van der Waals surface area contributed by atoms with Crippen molar-refractivity contribution < 1.29 is 14.3 Å². The molecule has 0 radical (unpaired) electrons. The van der Waals surface area contributed by atoms with Gasteiger partial charge < -0.3 is 14.0 Å². The topological polar surface area (TPSA) is 52.8 Å². The standard InChI is InChI=1S/C15H13BrN2O3S2/c1-18-13-9(21-3)6-8(20-2)7-11(13)23-15(18)17-14(19)10-4-5-12(16)22-10/h4-7H,1-3H3. The summed E-state index contributed by atoms with van der Waals surface area (Å²) < 4.78 is 14.4. The summed E-state index contributed by atoms with van der Waals surface area (Å²) in [6.45, 7) is 0. The molecule has 0 saturated heterocycles. The maximum Gasteiger partial charge on any atom is 0.289 e. The Balaban J connectivity index is 2.17. The van der Waals surface area contributed by atoms with Gasteiger partial charge in [-0.1, -0.05) is 11.3 Å². The summed E-state index contributed by atoms with van der Waals surface area (Å²) in [6, 6.07) is 7.33. The van der Waals surface area contributed by atoms with Gasteiger partial charge in [0.25, 0.3) is 5.91 Å². The van der Waals surface area contributed by atoms with Crippen molar-refractivity contribution in [3.63, 3.8) is 0 Å². The molecule has 0 saturated carbocycles. The number of hydrogen-bond acceptors (Lipinski definition) is 5. The zero-order valence-electron chi connectivity index (χ0n) is 12.6. The van der Waals surface area contributed by atoms with E-state index in [1.807, 2.05) is 29.8 Å². The molecule has 120 valence electrons. The number of carbonyl (C=O) groups is 1. The summed E-state index contributed by atoms with van der Waals surface area (Å²) in [6.07, 6.45) is 0. The third-order valence-electron chi connectivity index (χ3n) is 3.27. The minimum atomic E-state index is -0.256. The van der Waals surface area contributed by atoms with Crippen molar-refractivity contribution in [1.82, 2.24) is 4.57 Å². The molecule has 0 aliphatic rings. The van der Waals surface area contributed by atoms with Crippen molar-refractivity contribution in [1.29, 1.82) is 0 Å². The Hall–Kier alpha value is -1.64. The third-order valence-corrected chi connectivity index (χ3v) is 5.96. The van der Waals surface area contributed by atoms with Crippen LogP contribution in [0.5, 0.6) is 11.5 Å². The molecule has 8 heteroatoms. The maximum atomic E-state index is 12.3. The highest BCUT2D eigenvalue weighted by Crippen LogP contribution is 2.32. The molecule has 23 heavy (non-hydrogen) atoms. The molecule has 0 aliphatic carbocycles. The second-order valence-corrected chi connectivity index (χ2v) is 8.11. The number of nitrogens with zero attached hydrogens (tertiary/aromatic N) is 2. The van der Waals surface area contributed by atoms with Crippen LogP contribution >= 0.6 is 38.6 Å². The van der Waals surface area contributed by atoms with Crippen LogP contribution in [0.3, 0.4) is 0 Å². The van der Waals surface area contributed by atoms with E-state index in [1.54, 1.807) is 20.3 Å². The molecule has 0 unspecified atom stereocenters. The molecule has 3 aromatic rings. The number of thiophene rings is 1. The van der Waals surface area contributed by atoms with Gasteiger partial charge in [0.05, 0.1) is 27.6 Å². The Morgan fingerprint density at radius 1 is 1.22 bits per heavy atom. The highest BCUT2D eigenvalue weighted by Gasteiger charge is 2.13. The van der Waals surface area contributed by atoms with E-state index < -0.39 is 0 Å². The number of methoxy groups -OCH3 is 2. The van der Waals surface area contributed by atoms with E-state index in [4.69, 9.17) is 9.47 Å². The van der Waals surface area contributed by atoms with E-state index >= 15 is 0 Å². The number of fused-ring (bicyclic) bond motifs is 1. The lowest BCUT2D eigenvalue weighted by Gasteiger charge is -2.06. The number of hydrogen-bond donors (Lipinski definition) is 0. The Kier molecular flexibility index (Phi) is 4.56. The molecular weight excluding hydrogens is 400 g/mol. The number of aryl methyl sites for hydroxylation is 1. The molecule has 1 aromatic carbocycles. The second-order valence-electron chi connectivity index (χ2n) is 4.64. The van der Waals surface area contributed by atoms with Crippen molar-refractivity contribution in [3.8, 4) is 11.5 Å². The lowest BCUT2D eigenvalue weighted by molar-refractivity contribution is 0.100. The molecular formula is C15H13BrN2O3S2. The van der Waals surface area contributed by atoms with E-state index in [0.717, 1.165) is 14.0 Å². The summed E-state index contributed by atoms with van der Waals surface area (Å²) in [5, 5.41) is 0. The number of benzene rings is 1. The van der Waals surface area contributed by atoms with Crippen LogP contribution in [0.1, 0.15) is 9.67 Å². The van der Waals surface area contributed by atoms with Crippen LogP contribution in [0.4, 0.5) is 0 Å². The quantitative estimate of drug-likeness (QED) is 0.656. The van der Waals surface area contributed by atoms with Crippen LogP contribution in [0.2, 0.25) is 0 Å². The number of amides is 1. The number of carbonyl (C=O) groups excluding carboxylic acids is 1. The molecule has 0 aliphatic heterocycles. The van der Waals surface area contributed by atoms with Gasteiger partial charge in [0.15, 0.2) is 4.80 Å². The Morgan fingerprint density at radius 2 is 2.00 bits per heavy atom. The summed E-state index contributed by atoms with van der Waals surface area (Å²) in [4.78, 5) is 17.7. The molecule has 2 aromatic heterocycles. The van der Waals surface area contributed by atoms with E-state index in [1.165, 1.54) is 22.7 Å². The van der Waals surface area contributed by atoms with Crippen molar-refractivity contribution in [2.75, 3.05) is 14.2 Å². The smallest absolute Gasteiger partial charge is 0.289 e. The van der Waals surface area contributed by atoms with Gasteiger partial charge in [0.2, 0.25) is 0 Å². The minimum absolute atomic E-state index is 0.256. The zero-order chi connectivity index (χ0) is 16.6. The fourth-order valence-corrected chi connectivity index (χ4v) is 4.50.